The predicted molar refractivity (Wildman–Crippen MR) is 54.9 cm³/mol. The highest BCUT2D eigenvalue weighted by atomic mass is 127. The molecule has 0 aliphatic heterocycles. The number of aromatic amines is 1. The summed E-state index contributed by atoms with van der Waals surface area (Å²) in [6.07, 6.45) is -2.90. The predicted octanol–water partition coefficient (Wildman–Crippen LogP) is 2.30. The lowest BCUT2D eigenvalue weighted by atomic mass is 10.1. The number of carbonyl (C=O) groups is 1. The molecule has 0 fully saturated rings. The molecule has 76 valence electrons. The molecule has 0 bridgehead atoms. The maximum Gasteiger partial charge on any atom is 0.264 e. The second-order valence-electron chi connectivity index (χ2n) is 2.35. The highest BCUT2D eigenvalue weighted by molar-refractivity contribution is 14.1. The topological polar surface area (TPSA) is 49.9 Å². The van der Waals surface area contributed by atoms with E-state index >= 15 is 0 Å². The molecule has 0 aliphatic rings. The number of halogens is 4. The van der Waals surface area contributed by atoms with Crippen LogP contribution >= 0.6 is 34.2 Å². The summed E-state index contributed by atoms with van der Waals surface area (Å²) in [6, 6.07) is 0.669. The van der Waals surface area contributed by atoms with E-state index in [1.54, 1.807) is 22.6 Å². The average Bonchev–Trinajstić information content (AvgIpc) is 2.01. The number of alkyl halides is 2. The van der Waals surface area contributed by atoms with Crippen molar-refractivity contribution in [3.63, 3.8) is 0 Å². The molecule has 1 heterocycles. The zero-order chi connectivity index (χ0) is 10.9. The van der Waals surface area contributed by atoms with Gasteiger partial charge in [0.25, 0.3) is 11.7 Å². The van der Waals surface area contributed by atoms with Crippen molar-refractivity contribution in [2.45, 2.75) is 6.43 Å². The van der Waals surface area contributed by atoms with Crippen LogP contribution in [-0.2, 0) is 0 Å². The second-order valence-corrected chi connectivity index (χ2v) is 3.77. The monoisotopic (exact) mass is 333 g/mol. The Bertz CT molecular complexity index is 432. The van der Waals surface area contributed by atoms with Crippen LogP contribution in [0.5, 0.6) is 0 Å². The third-order valence-electron chi connectivity index (χ3n) is 1.46. The van der Waals surface area contributed by atoms with Crippen molar-refractivity contribution < 1.29 is 13.6 Å². The fraction of sp³-hybridized carbons (Fsp3) is 0.143. The largest absolute Gasteiger partial charge is 0.317 e. The number of hydrogen-bond acceptors (Lipinski definition) is 2. The van der Waals surface area contributed by atoms with Gasteiger partial charge in [0.2, 0.25) is 5.56 Å². The van der Waals surface area contributed by atoms with E-state index in [9.17, 15) is 18.4 Å². The fourth-order valence-electron chi connectivity index (χ4n) is 0.919. The molecule has 1 aromatic rings. The number of rotatable bonds is 2. The zero-order valence-corrected chi connectivity index (χ0v) is 9.40. The molecule has 14 heavy (non-hydrogen) atoms. The Hall–Kier alpha value is -0.500. The molecule has 1 rings (SSSR count). The summed E-state index contributed by atoms with van der Waals surface area (Å²) in [4.78, 5) is 23.9. The molecule has 0 amide bonds. The summed E-state index contributed by atoms with van der Waals surface area (Å²) in [5.41, 5.74) is -1.67. The molecule has 0 spiro atoms. The molecule has 0 aromatic carbocycles. The average molecular weight is 333 g/mol. The number of carbonyl (C=O) groups excluding carboxylic acids is 1. The van der Waals surface area contributed by atoms with E-state index in [4.69, 9.17) is 11.6 Å². The van der Waals surface area contributed by atoms with Crippen molar-refractivity contribution in [3.8, 4) is 0 Å². The van der Waals surface area contributed by atoms with Crippen molar-refractivity contribution in [1.82, 2.24) is 4.98 Å². The zero-order valence-electron chi connectivity index (χ0n) is 6.48. The molecule has 0 saturated carbocycles. The quantitative estimate of drug-likeness (QED) is 0.513. The first-order valence-corrected chi connectivity index (χ1v) is 4.80. The lowest BCUT2D eigenvalue weighted by molar-refractivity contribution is 0.106. The lowest BCUT2D eigenvalue weighted by Crippen LogP contribution is -2.14. The van der Waals surface area contributed by atoms with E-state index in [1.165, 1.54) is 0 Å². The smallest absolute Gasteiger partial charge is 0.264 e. The van der Waals surface area contributed by atoms with Crippen LogP contribution < -0.4 is 5.56 Å². The second kappa shape index (κ2) is 4.35. The minimum absolute atomic E-state index is 0.0189. The third kappa shape index (κ3) is 2.30. The number of pyridine rings is 1. The van der Waals surface area contributed by atoms with E-state index in [0.29, 0.717) is 6.07 Å². The van der Waals surface area contributed by atoms with Crippen molar-refractivity contribution in [2.75, 3.05) is 0 Å². The third-order valence-corrected chi connectivity index (χ3v) is 2.46. The van der Waals surface area contributed by atoms with E-state index in [1.807, 2.05) is 0 Å². The summed E-state index contributed by atoms with van der Waals surface area (Å²) in [5.74, 6) is 0. The van der Waals surface area contributed by atoms with Gasteiger partial charge in [-0.3, -0.25) is 9.59 Å². The van der Waals surface area contributed by atoms with Gasteiger partial charge in [0.15, 0.2) is 0 Å². The Morgan fingerprint density at radius 1 is 1.57 bits per heavy atom. The van der Waals surface area contributed by atoms with Crippen molar-refractivity contribution >= 4 is 39.4 Å². The Labute approximate surface area is 95.6 Å². The van der Waals surface area contributed by atoms with E-state index in [2.05, 4.69) is 4.98 Å². The molecule has 0 atom stereocenters. The Balaban J connectivity index is 3.52. The van der Waals surface area contributed by atoms with Crippen LogP contribution in [0.25, 0.3) is 0 Å². The highest BCUT2D eigenvalue weighted by Gasteiger charge is 2.21. The Morgan fingerprint density at radius 2 is 2.14 bits per heavy atom. The van der Waals surface area contributed by atoms with Crippen LogP contribution in [0.1, 0.15) is 22.3 Å². The number of aromatic nitrogens is 1. The van der Waals surface area contributed by atoms with Gasteiger partial charge < -0.3 is 4.98 Å². The van der Waals surface area contributed by atoms with Crippen LogP contribution in [0.4, 0.5) is 8.78 Å². The van der Waals surface area contributed by atoms with Crippen LogP contribution in [0.2, 0.25) is 0 Å². The minimum Gasteiger partial charge on any atom is -0.317 e. The van der Waals surface area contributed by atoms with Crippen LogP contribution in [0, 0.1) is 3.70 Å². The standard InChI is InChI=1S/C7H3ClF2INO2/c8-5(14)4-2(6(9)10)1-3(13)12-7(4)11/h1,6H,(H,12,13). The maximum absolute atomic E-state index is 12.4. The number of hydrogen-bond donors (Lipinski definition) is 1. The minimum atomic E-state index is -2.90. The van der Waals surface area contributed by atoms with Gasteiger partial charge in [-0.15, -0.1) is 0 Å². The molecule has 7 heteroatoms. The summed E-state index contributed by atoms with van der Waals surface area (Å²) in [7, 11) is 0. The van der Waals surface area contributed by atoms with Gasteiger partial charge in [-0.25, -0.2) is 8.78 Å². The molecule has 0 unspecified atom stereocenters. The molecular weight excluding hydrogens is 330 g/mol. The summed E-state index contributed by atoms with van der Waals surface area (Å²) in [5, 5.41) is -1.01. The molecule has 1 aromatic heterocycles. The van der Waals surface area contributed by atoms with Gasteiger partial charge in [-0.05, 0) is 34.2 Å². The number of nitrogens with one attached hydrogen (secondary N) is 1. The maximum atomic E-state index is 12.4. The van der Waals surface area contributed by atoms with Crippen LogP contribution in [0.15, 0.2) is 10.9 Å². The number of H-pyrrole nitrogens is 1. The van der Waals surface area contributed by atoms with Crippen molar-refractivity contribution in [3.05, 3.63) is 31.2 Å². The molecule has 0 aliphatic carbocycles. The first-order valence-electron chi connectivity index (χ1n) is 3.34. The molecule has 0 radical (unpaired) electrons. The van der Waals surface area contributed by atoms with Gasteiger partial charge in [-0.1, -0.05) is 0 Å². The summed E-state index contributed by atoms with van der Waals surface area (Å²) >= 11 is 6.68. The normalized spacial score (nSPS) is 10.6. The van der Waals surface area contributed by atoms with Crippen molar-refractivity contribution in [1.29, 1.82) is 0 Å². The van der Waals surface area contributed by atoms with Gasteiger partial charge in [0.1, 0.15) is 0 Å². The summed E-state index contributed by atoms with van der Waals surface area (Å²) < 4.78 is 24.8. The fourth-order valence-corrected chi connectivity index (χ4v) is 2.10. The van der Waals surface area contributed by atoms with E-state index in [-0.39, 0.29) is 9.26 Å². The SMILES string of the molecule is O=C(Cl)c1c(C(F)F)cc(=O)[nH]c1I. The Kier molecular flexibility index (Phi) is 3.59. The van der Waals surface area contributed by atoms with Crippen LogP contribution in [-0.4, -0.2) is 10.2 Å². The van der Waals surface area contributed by atoms with Gasteiger partial charge >= 0.3 is 0 Å². The summed E-state index contributed by atoms with van der Waals surface area (Å²) in [6.45, 7) is 0. The molecule has 0 saturated heterocycles. The molecule has 1 N–H and O–H groups in total. The first-order chi connectivity index (χ1) is 6.43. The van der Waals surface area contributed by atoms with Crippen molar-refractivity contribution in [2.24, 2.45) is 0 Å². The van der Waals surface area contributed by atoms with Gasteiger partial charge in [-0.2, -0.15) is 0 Å². The van der Waals surface area contributed by atoms with E-state index in [0.717, 1.165) is 0 Å². The van der Waals surface area contributed by atoms with E-state index < -0.39 is 22.8 Å². The van der Waals surface area contributed by atoms with Crippen LogP contribution in [0.3, 0.4) is 0 Å². The first kappa shape index (κ1) is 11.6. The Morgan fingerprint density at radius 3 is 2.57 bits per heavy atom. The lowest BCUT2D eigenvalue weighted by Gasteiger charge is -2.05. The molecular formula is C7H3ClF2INO2. The molecule has 3 nitrogen and oxygen atoms in total. The van der Waals surface area contributed by atoms with Gasteiger partial charge in [0.05, 0.1) is 9.26 Å². The van der Waals surface area contributed by atoms with Gasteiger partial charge in [0, 0.05) is 11.6 Å². The highest BCUT2D eigenvalue weighted by Crippen LogP contribution is 2.25.